The number of likely N-dealkylation sites (tertiary alicyclic amines) is 1. The fourth-order valence-electron chi connectivity index (χ4n) is 4.29. The molecule has 3 rings (SSSR count). The maximum absolute atomic E-state index is 13.5. The third kappa shape index (κ3) is 7.54. The van der Waals surface area contributed by atoms with Crippen LogP contribution in [0.3, 0.4) is 0 Å². The lowest BCUT2D eigenvalue weighted by Gasteiger charge is -2.34. The molecular formula is C23H39FIN5O. The van der Waals surface area contributed by atoms with Gasteiger partial charge in [0.05, 0.1) is 25.8 Å². The minimum Gasteiger partial charge on any atom is -0.379 e. The van der Waals surface area contributed by atoms with Crippen molar-refractivity contribution in [3.8, 4) is 0 Å². The summed E-state index contributed by atoms with van der Waals surface area (Å²) in [7, 11) is 0. The van der Waals surface area contributed by atoms with Gasteiger partial charge in [-0.25, -0.2) is 4.39 Å². The highest BCUT2D eigenvalue weighted by molar-refractivity contribution is 14.0. The van der Waals surface area contributed by atoms with Crippen LogP contribution < -0.4 is 10.6 Å². The third-order valence-corrected chi connectivity index (χ3v) is 6.20. The van der Waals surface area contributed by atoms with E-state index in [4.69, 9.17) is 9.73 Å². The molecule has 0 radical (unpaired) electrons. The molecule has 0 spiro atoms. The molecule has 2 aliphatic rings. The average Bonchev–Trinajstić information content (AvgIpc) is 3.11. The molecule has 6 nitrogen and oxygen atoms in total. The van der Waals surface area contributed by atoms with Crippen molar-refractivity contribution in [2.24, 2.45) is 10.9 Å². The van der Waals surface area contributed by atoms with Crippen molar-refractivity contribution in [3.63, 3.8) is 0 Å². The molecule has 1 aromatic rings. The van der Waals surface area contributed by atoms with Crippen LogP contribution in [-0.4, -0.2) is 80.3 Å². The number of ether oxygens (including phenoxy) is 1. The first kappa shape index (κ1) is 26.3. The molecule has 2 heterocycles. The average molecular weight is 548 g/mol. The van der Waals surface area contributed by atoms with Crippen LogP contribution in [0.25, 0.3) is 0 Å². The molecule has 3 unspecified atom stereocenters. The van der Waals surface area contributed by atoms with Crippen molar-refractivity contribution in [3.05, 3.63) is 35.6 Å². The van der Waals surface area contributed by atoms with Gasteiger partial charge in [-0.1, -0.05) is 19.1 Å². The first-order valence-corrected chi connectivity index (χ1v) is 11.3. The van der Waals surface area contributed by atoms with Gasteiger partial charge in [-0.2, -0.15) is 0 Å². The molecule has 3 atom stereocenters. The predicted octanol–water partition coefficient (Wildman–Crippen LogP) is 3.10. The van der Waals surface area contributed by atoms with Gasteiger partial charge in [0.2, 0.25) is 0 Å². The van der Waals surface area contributed by atoms with E-state index in [1.54, 1.807) is 0 Å². The van der Waals surface area contributed by atoms with Crippen LogP contribution >= 0.6 is 24.0 Å². The lowest BCUT2D eigenvalue weighted by Crippen LogP contribution is -2.47. The quantitative estimate of drug-likeness (QED) is 0.312. The van der Waals surface area contributed by atoms with Crippen LogP contribution in [0.2, 0.25) is 0 Å². The normalized spacial score (nSPS) is 24.1. The van der Waals surface area contributed by atoms with E-state index in [9.17, 15) is 4.39 Å². The van der Waals surface area contributed by atoms with Gasteiger partial charge in [0.25, 0.3) is 0 Å². The van der Waals surface area contributed by atoms with E-state index in [-0.39, 0.29) is 35.8 Å². The number of rotatable bonds is 7. The Morgan fingerprint density at radius 2 is 1.84 bits per heavy atom. The van der Waals surface area contributed by atoms with Crippen LogP contribution in [0.4, 0.5) is 4.39 Å². The van der Waals surface area contributed by atoms with E-state index < -0.39 is 0 Å². The zero-order chi connectivity index (χ0) is 21.5. The second kappa shape index (κ2) is 12.9. The number of nitrogens with one attached hydrogen (secondary N) is 2. The molecule has 8 heteroatoms. The molecule has 176 valence electrons. The fourth-order valence-corrected chi connectivity index (χ4v) is 4.29. The fraction of sp³-hybridized carbons (Fsp3) is 0.696. The summed E-state index contributed by atoms with van der Waals surface area (Å²) in [5.41, 5.74) is 1.10. The molecule has 31 heavy (non-hydrogen) atoms. The number of guanidine groups is 1. The SMILES string of the molecule is CCNC(=NCC(c1ccc(F)cc1)N1CCOCC1)NC1CN(C(C)C)CC1C.I. The number of hydrogen-bond acceptors (Lipinski definition) is 4. The highest BCUT2D eigenvalue weighted by Gasteiger charge is 2.31. The number of benzene rings is 1. The number of nitrogens with zero attached hydrogens (tertiary/aromatic N) is 3. The van der Waals surface area contributed by atoms with E-state index in [0.717, 1.165) is 57.5 Å². The molecule has 1 aromatic carbocycles. The smallest absolute Gasteiger partial charge is 0.191 e. The minimum atomic E-state index is -0.206. The first-order valence-electron chi connectivity index (χ1n) is 11.3. The molecule has 0 amide bonds. The van der Waals surface area contributed by atoms with Crippen molar-refractivity contribution in [1.82, 2.24) is 20.4 Å². The van der Waals surface area contributed by atoms with Gasteiger partial charge in [-0.3, -0.25) is 14.8 Å². The second-order valence-corrected chi connectivity index (χ2v) is 8.71. The third-order valence-electron chi connectivity index (χ3n) is 6.20. The summed E-state index contributed by atoms with van der Waals surface area (Å²) >= 11 is 0. The molecule has 0 bridgehead atoms. The maximum Gasteiger partial charge on any atom is 0.191 e. The molecular weight excluding hydrogens is 508 g/mol. The number of morpholine rings is 1. The largest absolute Gasteiger partial charge is 0.379 e. The summed E-state index contributed by atoms with van der Waals surface area (Å²) in [4.78, 5) is 9.86. The van der Waals surface area contributed by atoms with E-state index in [0.29, 0.717) is 24.5 Å². The van der Waals surface area contributed by atoms with Gasteiger partial charge in [0.1, 0.15) is 5.82 Å². The topological polar surface area (TPSA) is 52.1 Å². The summed E-state index contributed by atoms with van der Waals surface area (Å²) in [5, 5.41) is 7.07. The van der Waals surface area contributed by atoms with Crippen molar-refractivity contribution >= 4 is 29.9 Å². The standard InChI is InChI=1S/C23H38FN5O.HI/c1-5-25-23(27-21-16-29(17(2)3)15-18(21)4)26-14-22(28-10-12-30-13-11-28)19-6-8-20(24)9-7-19;/h6-9,17-18,21-22H,5,10-16H2,1-4H3,(H2,25,26,27);1H. The van der Waals surface area contributed by atoms with Crippen LogP contribution in [0.5, 0.6) is 0 Å². The Morgan fingerprint density at radius 3 is 2.42 bits per heavy atom. The molecule has 0 saturated carbocycles. The monoisotopic (exact) mass is 547 g/mol. The Hall–Kier alpha value is -0.970. The van der Waals surface area contributed by atoms with Gasteiger partial charge >= 0.3 is 0 Å². The number of hydrogen-bond donors (Lipinski definition) is 2. The minimum absolute atomic E-state index is 0. The summed E-state index contributed by atoms with van der Waals surface area (Å²) in [6.45, 7) is 15.7. The Morgan fingerprint density at radius 1 is 1.16 bits per heavy atom. The zero-order valence-corrected chi connectivity index (χ0v) is 21.6. The van der Waals surface area contributed by atoms with Crippen LogP contribution in [0.15, 0.2) is 29.3 Å². The lowest BCUT2D eigenvalue weighted by atomic mass is 10.0. The van der Waals surface area contributed by atoms with Gasteiger partial charge in [-0.05, 0) is 44.4 Å². The van der Waals surface area contributed by atoms with Crippen LogP contribution in [0, 0.1) is 11.7 Å². The second-order valence-electron chi connectivity index (χ2n) is 8.71. The summed E-state index contributed by atoms with van der Waals surface area (Å²) < 4.78 is 19.0. The van der Waals surface area contributed by atoms with Crippen LogP contribution in [-0.2, 0) is 4.74 Å². The molecule has 2 aliphatic heterocycles. The number of halogens is 2. The Balaban J connectivity index is 0.00000341. The van der Waals surface area contributed by atoms with Gasteiger partial charge in [-0.15, -0.1) is 24.0 Å². The molecule has 0 aliphatic carbocycles. The molecule has 2 fully saturated rings. The first-order chi connectivity index (χ1) is 14.5. The lowest BCUT2D eigenvalue weighted by molar-refractivity contribution is 0.0179. The highest BCUT2D eigenvalue weighted by Crippen LogP contribution is 2.23. The molecule has 2 N–H and O–H groups in total. The zero-order valence-electron chi connectivity index (χ0n) is 19.3. The highest BCUT2D eigenvalue weighted by atomic mass is 127. The summed E-state index contributed by atoms with van der Waals surface area (Å²) in [6.07, 6.45) is 0. The Bertz CT molecular complexity index is 681. The van der Waals surface area contributed by atoms with Gasteiger partial charge in [0.15, 0.2) is 5.96 Å². The van der Waals surface area contributed by atoms with Gasteiger partial charge < -0.3 is 15.4 Å². The Kier molecular flexibility index (Phi) is 10.9. The summed E-state index contributed by atoms with van der Waals surface area (Å²) in [6, 6.07) is 7.89. The van der Waals surface area contributed by atoms with Crippen molar-refractivity contribution in [2.45, 2.75) is 45.8 Å². The molecule has 0 aromatic heterocycles. The van der Waals surface area contributed by atoms with Crippen molar-refractivity contribution < 1.29 is 9.13 Å². The van der Waals surface area contributed by atoms with Crippen molar-refractivity contribution in [1.29, 1.82) is 0 Å². The maximum atomic E-state index is 13.5. The summed E-state index contributed by atoms with van der Waals surface area (Å²) in [5.74, 6) is 1.23. The molecule has 2 saturated heterocycles. The van der Waals surface area contributed by atoms with E-state index >= 15 is 0 Å². The Labute approximate surface area is 204 Å². The van der Waals surface area contributed by atoms with Gasteiger partial charge in [0, 0.05) is 44.8 Å². The predicted molar refractivity (Wildman–Crippen MR) is 136 cm³/mol. The van der Waals surface area contributed by atoms with Crippen molar-refractivity contribution in [2.75, 3.05) is 52.5 Å². The van der Waals surface area contributed by atoms with Crippen LogP contribution in [0.1, 0.15) is 39.3 Å². The van der Waals surface area contributed by atoms with E-state index in [1.165, 1.54) is 12.1 Å². The van der Waals surface area contributed by atoms with E-state index in [1.807, 2.05) is 12.1 Å². The van der Waals surface area contributed by atoms with E-state index in [2.05, 4.69) is 48.1 Å². The number of aliphatic imine (C=N–C) groups is 1.